The lowest BCUT2D eigenvalue weighted by Gasteiger charge is -1.98. The Hall–Kier alpha value is 0.260. The fourth-order valence-electron chi connectivity index (χ4n) is 0.232. The summed E-state index contributed by atoms with van der Waals surface area (Å²) < 4.78 is -0.960. The molecule has 0 rings (SSSR count). The van der Waals surface area contributed by atoms with Crippen LogP contribution in [0.15, 0.2) is 0 Å². The number of carbonyl (C=O) groups excluding carboxylic acids is 2. The predicted octanol–water partition coefficient (Wildman–Crippen LogP) is 0.580. The molecule has 0 aromatic rings. The van der Waals surface area contributed by atoms with Crippen LogP contribution in [0, 0.1) is 0 Å². The fraction of sp³-hybridized carbons (Fsp3) is 0.500. The molecule has 52 valence electrons. The lowest BCUT2D eigenvalue weighted by molar-refractivity contribution is -0.122. The van der Waals surface area contributed by atoms with Gasteiger partial charge in [0.1, 0.15) is 6.10 Å². The molecule has 1 N–H and O–H groups in total. The van der Waals surface area contributed by atoms with Gasteiger partial charge in [-0.2, -0.15) is 0 Å². The second-order valence-electron chi connectivity index (χ2n) is 1.38. The average Bonchev–Trinajstić information content (AvgIpc) is 1.63. The molecule has 0 aliphatic carbocycles. The van der Waals surface area contributed by atoms with Crippen molar-refractivity contribution in [2.24, 2.45) is 0 Å². The number of rotatable bonds is 3. The highest BCUT2D eigenvalue weighted by Crippen LogP contribution is 2.02. The Labute approximate surface area is 68.7 Å². The van der Waals surface area contributed by atoms with Crippen LogP contribution in [0.2, 0.25) is 0 Å². The van der Waals surface area contributed by atoms with Crippen LogP contribution in [0.4, 0.5) is 0 Å². The van der Waals surface area contributed by atoms with Gasteiger partial charge in [-0.05, 0) is 31.9 Å². The van der Waals surface area contributed by atoms with E-state index in [0.29, 0.717) is 0 Å². The van der Waals surface area contributed by atoms with Gasteiger partial charge in [0.15, 0.2) is 0 Å². The van der Waals surface area contributed by atoms with Crippen LogP contribution in [0.3, 0.4) is 0 Å². The van der Waals surface area contributed by atoms with Crippen molar-refractivity contribution in [3.05, 3.63) is 0 Å². The summed E-state index contributed by atoms with van der Waals surface area (Å²) in [5.74, 6) is 0. The van der Waals surface area contributed by atoms with Gasteiger partial charge in [-0.15, -0.1) is 0 Å². The summed E-state index contributed by atoms with van der Waals surface area (Å²) in [5.41, 5.74) is 0. The van der Waals surface area contributed by atoms with Gasteiger partial charge in [0, 0.05) is 0 Å². The SMILES string of the molecule is O=C(Br)CC(O)C(=O)Br. The maximum Gasteiger partial charge on any atom is 0.226 e. The summed E-state index contributed by atoms with van der Waals surface area (Å²) in [7, 11) is 0. The van der Waals surface area contributed by atoms with Crippen molar-refractivity contribution in [1.82, 2.24) is 0 Å². The first-order chi connectivity index (χ1) is 4.04. The van der Waals surface area contributed by atoms with Crippen LogP contribution >= 0.6 is 31.9 Å². The van der Waals surface area contributed by atoms with Crippen molar-refractivity contribution >= 4 is 41.2 Å². The predicted molar refractivity (Wildman–Crippen MR) is 38.5 cm³/mol. The van der Waals surface area contributed by atoms with E-state index in [4.69, 9.17) is 5.11 Å². The van der Waals surface area contributed by atoms with Crippen molar-refractivity contribution in [2.75, 3.05) is 0 Å². The maximum atomic E-state index is 10.2. The first kappa shape index (κ1) is 9.26. The molecule has 0 spiro atoms. The Morgan fingerprint density at radius 2 is 1.89 bits per heavy atom. The monoisotopic (exact) mass is 258 g/mol. The third kappa shape index (κ3) is 4.74. The van der Waals surface area contributed by atoms with Gasteiger partial charge in [-0.25, -0.2) is 0 Å². The molecule has 0 aromatic heterocycles. The highest BCUT2D eigenvalue weighted by atomic mass is 79.9. The lowest BCUT2D eigenvalue weighted by Crippen LogP contribution is -2.16. The third-order valence-corrected chi connectivity index (χ3v) is 1.47. The van der Waals surface area contributed by atoms with Crippen molar-refractivity contribution in [2.45, 2.75) is 12.5 Å². The normalized spacial score (nSPS) is 12.8. The number of halogens is 2. The summed E-state index contributed by atoms with van der Waals surface area (Å²) in [6.45, 7) is 0. The summed E-state index contributed by atoms with van der Waals surface area (Å²) in [6.07, 6.45) is -1.42. The van der Waals surface area contributed by atoms with E-state index in [0.717, 1.165) is 0 Å². The molecule has 5 heteroatoms. The van der Waals surface area contributed by atoms with E-state index in [2.05, 4.69) is 31.9 Å². The second kappa shape index (κ2) is 4.14. The molecule has 0 radical (unpaired) electrons. The summed E-state index contributed by atoms with van der Waals surface area (Å²) in [4.78, 5) is 20.3. The first-order valence-corrected chi connectivity index (χ1v) is 3.68. The third-order valence-electron chi connectivity index (χ3n) is 0.616. The van der Waals surface area contributed by atoms with Crippen LogP contribution < -0.4 is 0 Å². The number of carbonyl (C=O) groups is 2. The highest BCUT2D eigenvalue weighted by Gasteiger charge is 2.13. The van der Waals surface area contributed by atoms with Crippen molar-refractivity contribution in [3.63, 3.8) is 0 Å². The molecule has 1 atom stereocenters. The topological polar surface area (TPSA) is 54.4 Å². The molecule has 3 nitrogen and oxygen atoms in total. The summed E-state index contributed by atoms with van der Waals surface area (Å²) in [6, 6.07) is 0. The number of hydrogen-bond donors (Lipinski definition) is 1. The quantitative estimate of drug-likeness (QED) is 0.755. The Bertz CT molecular complexity index is 134. The molecular weight excluding hydrogens is 256 g/mol. The van der Waals surface area contributed by atoms with Crippen LogP contribution in [-0.4, -0.2) is 20.6 Å². The van der Waals surface area contributed by atoms with Gasteiger partial charge in [-0.3, -0.25) is 9.59 Å². The average molecular weight is 260 g/mol. The van der Waals surface area contributed by atoms with E-state index in [1.807, 2.05) is 0 Å². The molecule has 0 saturated heterocycles. The van der Waals surface area contributed by atoms with Gasteiger partial charge in [0.05, 0.1) is 6.42 Å². The van der Waals surface area contributed by atoms with Gasteiger partial charge in [0.25, 0.3) is 0 Å². The molecule has 0 aromatic carbocycles. The zero-order chi connectivity index (χ0) is 7.44. The van der Waals surface area contributed by atoms with E-state index in [1.165, 1.54) is 0 Å². The fourth-order valence-corrected chi connectivity index (χ4v) is 0.701. The molecule has 9 heavy (non-hydrogen) atoms. The van der Waals surface area contributed by atoms with Gasteiger partial charge >= 0.3 is 0 Å². The molecule has 0 bridgehead atoms. The number of aliphatic hydroxyl groups is 1. The molecule has 0 aliphatic rings. The Balaban J connectivity index is 3.63. The highest BCUT2D eigenvalue weighted by molar-refractivity contribution is 9.18. The smallest absolute Gasteiger partial charge is 0.226 e. The molecule has 0 saturated carbocycles. The zero-order valence-corrected chi connectivity index (χ0v) is 7.48. The van der Waals surface area contributed by atoms with E-state index in [-0.39, 0.29) is 11.1 Å². The molecule has 0 fully saturated rings. The van der Waals surface area contributed by atoms with Crippen LogP contribution in [0.25, 0.3) is 0 Å². The minimum absolute atomic E-state index is 0.190. The summed E-state index contributed by atoms with van der Waals surface area (Å²) in [5, 5.41) is 8.65. The van der Waals surface area contributed by atoms with E-state index in [1.54, 1.807) is 0 Å². The van der Waals surface area contributed by atoms with Crippen LogP contribution in [0.5, 0.6) is 0 Å². The number of hydrogen-bond acceptors (Lipinski definition) is 3. The molecule has 0 aliphatic heterocycles. The van der Waals surface area contributed by atoms with Gasteiger partial charge < -0.3 is 5.11 Å². The molecule has 0 heterocycles. The maximum absolute atomic E-state index is 10.2. The van der Waals surface area contributed by atoms with E-state index < -0.39 is 10.8 Å². The lowest BCUT2D eigenvalue weighted by atomic mass is 10.3. The Kier molecular flexibility index (Phi) is 4.26. The van der Waals surface area contributed by atoms with Crippen LogP contribution in [0.1, 0.15) is 6.42 Å². The van der Waals surface area contributed by atoms with E-state index in [9.17, 15) is 9.59 Å². The minimum Gasteiger partial charge on any atom is -0.384 e. The van der Waals surface area contributed by atoms with Crippen LogP contribution in [-0.2, 0) is 9.59 Å². The van der Waals surface area contributed by atoms with Crippen molar-refractivity contribution in [1.29, 1.82) is 0 Å². The van der Waals surface area contributed by atoms with Gasteiger partial charge in [0.2, 0.25) is 9.39 Å². The number of aliphatic hydroxyl groups excluding tert-OH is 1. The second-order valence-corrected chi connectivity index (χ2v) is 3.05. The first-order valence-electron chi connectivity index (χ1n) is 2.09. The zero-order valence-electron chi connectivity index (χ0n) is 4.30. The summed E-state index contributed by atoms with van der Waals surface area (Å²) >= 11 is 5.08. The standard InChI is InChI=1S/C4H4Br2O3/c5-3(8)1-2(7)4(6)9/h2,7H,1H2. The molecule has 1 unspecified atom stereocenters. The Morgan fingerprint density at radius 3 is 2.00 bits per heavy atom. The molecular formula is C4H4Br2O3. The van der Waals surface area contributed by atoms with Crippen molar-refractivity contribution < 1.29 is 14.7 Å². The largest absolute Gasteiger partial charge is 0.384 e. The minimum atomic E-state index is -1.23. The molecule has 0 amide bonds. The van der Waals surface area contributed by atoms with Gasteiger partial charge in [-0.1, -0.05) is 0 Å². The van der Waals surface area contributed by atoms with E-state index >= 15 is 0 Å². The Morgan fingerprint density at radius 1 is 1.44 bits per heavy atom. The van der Waals surface area contributed by atoms with Crippen molar-refractivity contribution in [3.8, 4) is 0 Å².